The molecule has 1 aromatic carbocycles. The van der Waals surface area contributed by atoms with Crippen molar-refractivity contribution in [3.63, 3.8) is 0 Å². The molecular weight excluding hydrogens is 494 g/mol. The lowest BCUT2D eigenvalue weighted by molar-refractivity contribution is -0.114. The van der Waals surface area contributed by atoms with E-state index in [2.05, 4.69) is 45.1 Å². The van der Waals surface area contributed by atoms with Crippen LogP contribution in [0.3, 0.4) is 0 Å². The summed E-state index contributed by atoms with van der Waals surface area (Å²) in [7, 11) is 0. The Morgan fingerprint density at radius 1 is 1.18 bits per heavy atom. The van der Waals surface area contributed by atoms with Gasteiger partial charge in [0.25, 0.3) is 0 Å². The lowest BCUT2D eigenvalue weighted by atomic mass is 10.1. The number of aromatic nitrogens is 6. The topological polar surface area (TPSA) is 115 Å². The molecular formula is C28H43N9O2. The van der Waals surface area contributed by atoms with E-state index in [0.29, 0.717) is 31.2 Å². The van der Waals surface area contributed by atoms with Gasteiger partial charge in [-0.05, 0) is 58.8 Å². The molecule has 2 aliphatic rings. The lowest BCUT2D eigenvalue weighted by Crippen LogP contribution is -2.44. The molecule has 0 unspecified atom stereocenters. The van der Waals surface area contributed by atoms with E-state index in [4.69, 9.17) is 31.7 Å². The summed E-state index contributed by atoms with van der Waals surface area (Å²) in [5, 5.41) is 11.3. The third-order valence-electron chi connectivity index (χ3n) is 7.65. The number of benzene rings is 1. The van der Waals surface area contributed by atoms with Gasteiger partial charge in [-0.3, -0.25) is 14.8 Å². The number of carbonyl (C=O) groups excluding carboxylic acids is 1. The van der Waals surface area contributed by atoms with Crippen molar-refractivity contribution in [2.75, 3.05) is 43.1 Å². The molecule has 5 heterocycles. The zero-order valence-corrected chi connectivity index (χ0v) is 22.9. The molecule has 39 heavy (non-hydrogen) atoms. The number of fused-ring (bicyclic) bond motifs is 1. The van der Waals surface area contributed by atoms with Gasteiger partial charge in [-0.25, -0.2) is 14.5 Å². The number of piperidine rings is 1. The number of carbonyl (C=O) groups is 1. The molecule has 2 saturated heterocycles. The highest BCUT2D eigenvalue weighted by Gasteiger charge is 2.27. The molecule has 6 rings (SSSR count). The summed E-state index contributed by atoms with van der Waals surface area (Å²) in [5.41, 5.74) is 5.43. The van der Waals surface area contributed by atoms with E-state index in [9.17, 15) is 4.79 Å². The number of hydrogen-bond acceptors (Lipinski definition) is 8. The van der Waals surface area contributed by atoms with Crippen LogP contribution in [0.25, 0.3) is 28.2 Å². The van der Waals surface area contributed by atoms with Crippen LogP contribution in [0.4, 0.5) is 11.8 Å². The van der Waals surface area contributed by atoms with Gasteiger partial charge < -0.3 is 15.0 Å². The summed E-state index contributed by atoms with van der Waals surface area (Å²) in [6, 6.07) is 10.3. The number of nitrogens with one attached hydrogen (secondary N) is 2. The van der Waals surface area contributed by atoms with E-state index in [1.165, 1.54) is 6.92 Å². The Morgan fingerprint density at radius 3 is 2.74 bits per heavy atom. The van der Waals surface area contributed by atoms with Crippen molar-refractivity contribution in [1.29, 1.82) is 0 Å². The molecule has 4 aromatic rings. The number of nitrogens with zero attached hydrogens (tertiary/aromatic N) is 7. The minimum absolute atomic E-state index is 0.156. The number of amides is 1. The SMILES string of the molecule is CC(=O)Nc1nc2ccccc2n1-c1nc(-c2c(C)nn(C3CCNCC3)c2C)cc(N2CCOC[C@H]2C)n1.[2H][2H].[2H][2H].[2H][2H].[2H][2H]. The first-order valence-electron chi connectivity index (χ1n) is 17.7. The van der Waals surface area contributed by atoms with E-state index >= 15 is 0 Å². The van der Waals surface area contributed by atoms with Gasteiger partial charge in [0.15, 0.2) is 0 Å². The Kier molecular flexibility index (Phi) is 5.60. The minimum Gasteiger partial charge on any atom is -0.377 e. The maximum Gasteiger partial charge on any atom is 0.239 e. The van der Waals surface area contributed by atoms with Gasteiger partial charge in [0.1, 0.15) is 5.82 Å². The van der Waals surface area contributed by atoms with Crippen LogP contribution < -0.4 is 15.5 Å². The van der Waals surface area contributed by atoms with E-state index in [0.717, 1.165) is 72.0 Å². The van der Waals surface area contributed by atoms with Gasteiger partial charge in [-0.1, -0.05) is 12.1 Å². The number of anilines is 2. The van der Waals surface area contributed by atoms with Crippen LogP contribution in [-0.2, 0) is 9.53 Å². The first kappa shape index (κ1) is 21.0. The molecule has 11 nitrogen and oxygen atoms in total. The van der Waals surface area contributed by atoms with Gasteiger partial charge in [0.05, 0.1) is 47.7 Å². The average Bonchev–Trinajstić information content (AvgIpc) is 3.63. The van der Waals surface area contributed by atoms with Crippen LogP contribution in [0, 0.1) is 13.8 Å². The predicted octanol–water partition coefficient (Wildman–Crippen LogP) is 4.39. The van der Waals surface area contributed by atoms with Crippen molar-refractivity contribution >= 4 is 28.7 Å². The number of hydrogen-bond donors (Lipinski definition) is 2. The van der Waals surface area contributed by atoms with Crippen molar-refractivity contribution in [2.45, 2.75) is 52.6 Å². The van der Waals surface area contributed by atoms with Crippen molar-refractivity contribution < 1.29 is 21.4 Å². The van der Waals surface area contributed by atoms with Gasteiger partial charge in [0, 0.05) is 42.7 Å². The molecule has 0 bridgehead atoms. The monoisotopic (exact) mass is 545 g/mol. The second kappa shape index (κ2) is 10.4. The van der Waals surface area contributed by atoms with E-state index in [1.807, 2.05) is 35.8 Å². The molecule has 11 heteroatoms. The van der Waals surface area contributed by atoms with Crippen LogP contribution in [0.15, 0.2) is 30.3 Å². The Morgan fingerprint density at radius 2 is 1.97 bits per heavy atom. The highest BCUT2D eigenvalue weighted by molar-refractivity contribution is 5.90. The molecule has 1 amide bonds. The zero-order valence-electron chi connectivity index (χ0n) is 30.9. The molecule has 0 aliphatic carbocycles. The largest absolute Gasteiger partial charge is 0.377 e. The fraction of sp³-hybridized carbons (Fsp3) is 0.464. The summed E-state index contributed by atoms with van der Waals surface area (Å²) in [5.74, 6) is 1.44. The first-order valence-corrected chi connectivity index (χ1v) is 13.7. The van der Waals surface area contributed by atoms with Crippen molar-refractivity contribution in [1.82, 2.24) is 34.6 Å². The molecule has 0 saturated carbocycles. The third kappa shape index (κ3) is 4.76. The van der Waals surface area contributed by atoms with Crippen LogP contribution in [0.2, 0.25) is 0 Å². The highest BCUT2D eigenvalue weighted by atomic mass is 16.5. The minimum atomic E-state index is -0.209. The molecule has 212 valence electrons. The van der Waals surface area contributed by atoms with Crippen molar-refractivity contribution in [2.24, 2.45) is 0 Å². The normalized spacial score (nSPS) is 19.4. The van der Waals surface area contributed by atoms with Gasteiger partial charge in [-0.15, -0.1) is 0 Å². The van der Waals surface area contributed by atoms with Crippen LogP contribution >= 0.6 is 0 Å². The molecule has 3 aromatic heterocycles. The molecule has 2 aliphatic heterocycles. The second-order valence-corrected chi connectivity index (χ2v) is 10.4. The van der Waals surface area contributed by atoms with Crippen LogP contribution in [0.5, 0.6) is 0 Å². The average molecular weight is 546 g/mol. The van der Waals surface area contributed by atoms with E-state index in [-0.39, 0.29) is 11.9 Å². The number of rotatable bonds is 5. The standard InChI is InChI=1S/C28H35N9O2.4H2/c1-17-16-39-14-13-35(17)25-15-23(26-18(2)34-37(19(26)3)21-9-11-29-12-10-21)32-28(33-25)36-24-8-6-5-7-22(24)31-27(36)30-20(4)38;;;;/h5-8,15,17,21,29H,9-14,16H2,1-4H3,(H,30,31,38);4*1H/t17-;;;;/m1..../s1/i;4*1+1D. The zero-order chi connectivity index (χ0) is 35.1. The summed E-state index contributed by atoms with van der Waals surface area (Å²) in [6.45, 7) is 11.8. The van der Waals surface area contributed by atoms with Crippen molar-refractivity contribution in [3.05, 3.63) is 41.7 Å². The first-order chi connectivity index (χ1) is 22.9. The summed E-state index contributed by atoms with van der Waals surface area (Å²) in [4.78, 5) is 29.2. The Labute approximate surface area is 239 Å². The predicted molar refractivity (Wildman–Crippen MR) is 159 cm³/mol. The lowest BCUT2D eigenvalue weighted by Gasteiger charge is -2.34. The van der Waals surface area contributed by atoms with Crippen LogP contribution in [-0.4, -0.2) is 74.1 Å². The number of ether oxygens (including phenoxy) is 1. The Hall–Kier alpha value is -3.83. The van der Waals surface area contributed by atoms with Crippen molar-refractivity contribution in [3.8, 4) is 17.2 Å². The maximum absolute atomic E-state index is 12.1. The van der Waals surface area contributed by atoms with Gasteiger partial charge in [0.2, 0.25) is 17.8 Å². The molecule has 0 spiro atoms. The molecule has 2 N–H and O–H groups in total. The fourth-order valence-corrected chi connectivity index (χ4v) is 5.77. The molecule has 2 fully saturated rings. The number of imidazole rings is 1. The third-order valence-corrected chi connectivity index (χ3v) is 7.65. The second-order valence-electron chi connectivity index (χ2n) is 10.4. The van der Waals surface area contributed by atoms with E-state index in [1.54, 1.807) is 0 Å². The van der Waals surface area contributed by atoms with Gasteiger partial charge >= 0.3 is 0 Å². The summed E-state index contributed by atoms with van der Waals surface area (Å²) < 4.78 is 49.7. The number of aryl methyl sites for hydroxylation is 1. The number of para-hydroxylation sites is 2. The summed E-state index contributed by atoms with van der Waals surface area (Å²) in [6.07, 6.45) is 2.10. The quantitative estimate of drug-likeness (QED) is 0.380. The van der Waals surface area contributed by atoms with E-state index < -0.39 is 0 Å². The molecule has 0 radical (unpaired) electrons. The Balaban J connectivity index is 0.000000894. The smallest absolute Gasteiger partial charge is 0.239 e. The number of morpholine rings is 1. The fourth-order valence-electron chi connectivity index (χ4n) is 5.77. The highest BCUT2D eigenvalue weighted by Crippen LogP contribution is 2.34. The summed E-state index contributed by atoms with van der Waals surface area (Å²) >= 11 is 0. The van der Waals surface area contributed by atoms with Gasteiger partial charge in [-0.2, -0.15) is 10.1 Å². The van der Waals surface area contributed by atoms with Crippen LogP contribution in [0.1, 0.15) is 56.0 Å². The maximum atomic E-state index is 12.1. The molecule has 1 atom stereocenters. The Bertz CT molecular complexity index is 1550.